The summed E-state index contributed by atoms with van der Waals surface area (Å²) in [5.74, 6) is 0. The van der Waals surface area contributed by atoms with Gasteiger partial charge in [-0.15, -0.1) is 21.6 Å². The van der Waals surface area contributed by atoms with E-state index in [1.807, 2.05) is 345 Å². The molecule has 0 saturated heterocycles. The van der Waals surface area contributed by atoms with Crippen LogP contribution in [-0.4, -0.2) is 103 Å². The summed E-state index contributed by atoms with van der Waals surface area (Å²) in [7, 11) is 0. The zero-order valence-corrected chi connectivity index (χ0v) is 76.8. The highest BCUT2D eigenvalue weighted by Crippen LogP contribution is 2.22. The zero-order chi connectivity index (χ0) is 88.4. The quantitative estimate of drug-likeness (QED) is 0.110. The molecule has 14 aromatic rings. The Morgan fingerprint density at radius 2 is 0.858 bits per heavy atom. The number of pyridine rings is 1. The lowest BCUT2D eigenvalue weighted by Crippen LogP contribution is -1.75. The lowest BCUT2D eigenvalue weighted by Gasteiger charge is -1.91. The number of aliphatic imine (C=N–C) groups is 1. The maximum Gasteiger partial charge on any atom is 0.175 e. The molecule has 25 nitrogen and oxygen atoms in total. The Bertz CT molecular complexity index is 2420. The molecule has 0 bridgehead atoms. The summed E-state index contributed by atoms with van der Waals surface area (Å²) in [6.07, 6.45) is 46.3. The Labute approximate surface area is 697 Å². The van der Waals surface area contributed by atoms with Gasteiger partial charge in [-0.3, -0.25) is 35.1 Å². The Morgan fingerprint density at radius 1 is 0.327 bits per heavy atom. The summed E-state index contributed by atoms with van der Waals surface area (Å²) in [5.41, 5.74) is 4.27. The monoisotopic (exact) mass is 1620 g/mol. The van der Waals surface area contributed by atoms with Crippen LogP contribution in [0.1, 0.15) is 213 Å². The number of hydrogen-bond donors (Lipinski definition) is 4. The molecule has 16 rings (SSSR count). The number of thiophene rings is 1. The summed E-state index contributed by atoms with van der Waals surface area (Å²) in [4.78, 5) is 39.3. The van der Waals surface area contributed by atoms with Gasteiger partial charge in [-0.1, -0.05) is 249 Å². The summed E-state index contributed by atoms with van der Waals surface area (Å²) in [6, 6.07) is 36.4. The van der Waals surface area contributed by atoms with E-state index in [2.05, 4.69) is 131 Å². The molecule has 0 fully saturated rings. The number of imidazole rings is 1. The first-order chi connectivity index (χ1) is 56.5. The molecule has 2 aliphatic rings. The largest absolute Gasteiger partial charge is 0.473 e. The third kappa shape index (κ3) is 154. The van der Waals surface area contributed by atoms with Crippen molar-refractivity contribution in [3.8, 4) is 0 Å². The zero-order valence-electron chi connectivity index (χ0n) is 74.4. The van der Waals surface area contributed by atoms with Crippen molar-refractivity contribution in [2.45, 2.75) is 214 Å². The topological polar surface area (TPSA) is 332 Å². The minimum Gasteiger partial charge on any atom is -0.473 e. The number of nitrogens with zero attached hydrogens (tertiary/aromatic N) is 19. The van der Waals surface area contributed by atoms with Crippen molar-refractivity contribution < 1.29 is 8.94 Å². The van der Waals surface area contributed by atoms with Crippen molar-refractivity contribution in [3.05, 3.63) is 310 Å². The highest BCUT2D eigenvalue weighted by Gasteiger charge is 2.02. The van der Waals surface area contributed by atoms with Crippen LogP contribution in [0.15, 0.2) is 339 Å². The van der Waals surface area contributed by atoms with Crippen LogP contribution in [0, 0.1) is 0 Å². The molecule has 0 unspecified atom stereocenters. The minimum absolute atomic E-state index is 0.417. The van der Waals surface area contributed by atoms with Crippen LogP contribution in [0.2, 0.25) is 0 Å². The minimum atomic E-state index is 0.417. The van der Waals surface area contributed by atoms with Crippen LogP contribution in [-0.2, 0) is 6.42 Å². The van der Waals surface area contributed by atoms with E-state index in [1.165, 1.54) is 42.3 Å². The van der Waals surface area contributed by atoms with Crippen LogP contribution in [0.3, 0.4) is 0 Å². The number of rotatable bonds is 0. The maximum atomic E-state index is 4.58. The summed E-state index contributed by atoms with van der Waals surface area (Å²) < 4.78 is 12.7. The number of aromatic nitrogens is 18. The van der Waals surface area contributed by atoms with Crippen molar-refractivity contribution in [2.75, 3.05) is 6.67 Å². The predicted molar refractivity (Wildman–Crippen MR) is 492 cm³/mol. The van der Waals surface area contributed by atoms with Gasteiger partial charge in [0.05, 0.1) is 36.2 Å². The highest BCUT2D eigenvalue weighted by molar-refractivity contribution is 7.07. The second kappa shape index (κ2) is 175. The molecule has 1 aromatic carbocycles. The molecule has 0 radical (unpaired) electrons. The molecule has 0 saturated carbocycles. The van der Waals surface area contributed by atoms with E-state index in [-0.39, 0.29) is 0 Å². The summed E-state index contributed by atoms with van der Waals surface area (Å²) in [5, 5.41) is 43.6. The molecule has 634 valence electrons. The van der Waals surface area contributed by atoms with E-state index in [9.17, 15) is 0 Å². The van der Waals surface area contributed by atoms with Crippen molar-refractivity contribution in [1.29, 1.82) is 0 Å². The first-order valence-electron chi connectivity index (χ1n) is 38.9. The standard InChI is InChI=1S/C8H7N.C5H5N.3C4H4N2.C4H5N.C4H4O.C4H4S.2C3H4N2.C3H3NO.2C3H3NS.C2H3N3.15C2H6.CH2N4/c1-2-4-8-7(3-1)5-6-9-8;1-2-4-6-5-3-1;1-2-6-4-3-5-1;1-2-5-4-6-3-1;1-2-4-6-5-3-1;3*1-2-4-5-3-1;1-2-5-3-4-1;2*1-2-4-5-3-1;1-2-5-3-4-1;1-2-4-5-3-1;1-3-2-5-4-1;15*1-2;1-2-4-5-3-1/h1-4,6H,5H2;1-5H;3*1-4H;1-5H;2*1-4H;2*1-3H,(H,4,5);3*1-3H;1-2H,(H,3,4,5);15*1-2H3;1H2. The van der Waals surface area contributed by atoms with Gasteiger partial charge >= 0.3 is 0 Å². The van der Waals surface area contributed by atoms with E-state index >= 15 is 0 Å². The normalized spacial score (nSPS) is 7.56. The fourth-order valence-electron chi connectivity index (χ4n) is 4.12. The van der Waals surface area contributed by atoms with Gasteiger partial charge in [-0.25, -0.2) is 24.3 Å². The highest BCUT2D eigenvalue weighted by atomic mass is 32.1. The van der Waals surface area contributed by atoms with Crippen molar-refractivity contribution >= 4 is 46.1 Å². The SMILES string of the molecule is C1=Nc2ccccc2C1.C1N=NN=N1.CC.CC.CC.CC.CC.CC.CC.CC.CC.CC.CC.CC.CC.CC.CC.c1c[nH]cn1.c1cc[nH]c1.c1ccncc1.c1ccnnc1.c1ccoc1.c1ccsc1.c1cn[nH]c1.c1cnccn1.c1cncnc1.c1cnoc1.c1cnsc1.c1cscn1.c1nc[nH]n1. The van der Waals surface area contributed by atoms with Gasteiger partial charge in [-0.05, 0) is 117 Å². The van der Waals surface area contributed by atoms with Gasteiger partial charge in [0.1, 0.15) is 25.2 Å². The predicted octanol–water partition coefficient (Wildman–Crippen LogP) is 28.3. The summed E-state index contributed by atoms with van der Waals surface area (Å²) >= 11 is 4.78. The van der Waals surface area contributed by atoms with Crippen LogP contribution < -0.4 is 0 Å². The number of H-pyrrole nitrogens is 4. The van der Waals surface area contributed by atoms with Crippen molar-refractivity contribution in [3.63, 3.8) is 0 Å². The van der Waals surface area contributed by atoms with Gasteiger partial charge in [0, 0.05) is 135 Å². The fraction of sp³-hybridized carbons (Fsp3) is 0.376. The molecule has 28 heteroatoms. The number of para-hydroxylation sites is 1. The Balaban J connectivity index is -0.0000000758. The number of furan rings is 1. The molecule has 15 heterocycles. The molecule has 4 N–H and O–H groups in total. The van der Waals surface area contributed by atoms with E-state index in [0.717, 1.165) is 12.1 Å². The number of fused-ring (bicyclic) bond motifs is 1. The average Bonchev–Trinajstić information content (AvgIpc) is 1.75. The molecule has 2 aliphatic heterocycles. The average molecular weight is 1620 g/mol. The maximum absolute atomic E-state index is 4.58. The van der Waals surface area contributed by atoms with Crippen molar-refractivity contribution in [1.82, 2.24) is 90.0 Å². The Hall–Kier alpha value is -11.2. The van der Waals surface area contributed by atoms with Crippen LogP contribution in [0.5, 0.6) is 0 Å². The molecular weight excluding hydrogens is 1470 g/mol. The Morgan fingerprint density at radius 3 is 1.05 bits per heavy atom. The van der Waals surface area contributed by atoms with Gasteiger partial charge < -0.3 is 18.9 Å². The first-order valence-corrected chi connectivity index (χ1v) is 41.7. The van der Waals surface area contributed by atoms with E-state index in [0.29, 0.717) is 6.67 Å². The van der Waals surface area contributed by atoms with Gasteiger partial charge in [0.15, 0.2) is 6.67 Å². The second-order valence-electron chi connectivity index (χ2n) is 13.2. The van der Waals surface area contributed by atoms with Crippen molar-refractivity contribution in [2.24, 2.45) is 25.7 Å². The third-order valence-electron chi connectivity index (χ3n) is 7.36. The van der Waals surface area contributed by atoms with Gasteiger partial charge in [0.25, 0.3) is 0 Å². The smallest absolute Gasteiger partial charge is 0.175 e. The molecular formula is C85H149N23O2S3. The molecule has 13 aromatic heterocycles. The number of benzene rings is 1. The van der Waals surface area contributed by atoms with Crippen LogP contribution in [0.25, 0.3) is 0 Å². The van der Waals surface area contributed by atoms with E-state index in [4.69, 9.17) is 0 Å². The van der Waals surface area contributed by atoms with Crippen LogP contribution in [0.4, 0.5) is 5.69 Å². The van der Waals surface area contributed by atoms with E-state index < -0.39 is 0 Å². The second-order valence-corrected chi connectivity index (χ2v) is 15.5. The molecule has 0 atom stereocenters. The first kappa shape index (κ1) is 134. The fourth-order valence-corrected chi connectivity index (χ4v) is 5.28. The molecule has 0 aliphatic carbocycles. The lowest BCUT2D eigenvalue weighted by molar-refractivity contribution is 0.420. The molecule has 0 spiro atoms. The summed E-state index contributed by atoms with van der Waals surface area (Å²) in [6.45, 7) is 60.4. The van der Waals surface area contributed by atoms with Gasteiger partial charge in [0.2, 0.25) is 0 Å². The lowest BCUT2D eigenvalue weighted by atomic mass is 10.2. The van der Waals surface area contributed by atoms with Gasteiger partial charge in [-0.2, -0.15) is 31.7 Å². The third-order valence-corrected chi connectivity index (χ3v) is 9.04. The number of thiazole rings is 1. The molecule has 0 amide bonds. The number of nitrogens with one attached hydrogen (secondary N) is 4. The molecule has 113 heavy (non-hydrogen) atoms. The Kier molecular flexibility index (Phi) is 207. The van der Waals surface area contributed by atoms with Crippen LogP contribution >= 0.6 is 34.2 Å². The number of aromatic amines is 4. The number of hydrogen-bond acceptors (Lipinski definition) is 24. The van der Waals surface area contributed by atoms with E-state index in [1.54, 1.807) is 165 Å².